The third kappa shape index (κ3) is 3.34. The summed E-state index contributed by atoms with van der Waals surface area (Å²) in [6.45, 7) is 4.73. The molecule has 160 valence electrons. The number of nitrogens with one attached hydrogen (secondary N) is 1. The topological polar surface area (TPSA) is 82.7 Å². The minimum atomic E-state index is -0.228. The number of imidazole rings is 1. The summed E-state index contributed by atoms with van der Waals surface area (Å²) in [4.78, 5) is 20.0. The predicted molar refractivity (Wildman–Crippen MR) is 126 cm³/mol. The maximum Gasteiger partial charge on any atom is 0.265 e. The van der Waals surface area contributed by atoms with Crippen LogP contribution in [0.4, 0.5) is 11.4 Å². The van der Waals surface area contributed by atoms with Crippen LogP contribution in [0.15, 0.2) is 47.3 Å². The van der Waals surface area contributed by atoms with Gasteiger partial charge in [-0.1, -0.05) is 23.7 Å². The molecule has 3 heterocycles. The number of nitriles is 1. The maximum absolute atomic E-state index is 13.3. The van der Waals surface area contributed by atoms with E-state index in [9.17, 15) is 10.1 Å². The third-order valence-electron chi connectivity index (χ3n) is 5.79. The number of hydrogen-bond acceptors (Lipinski definition) is 6. The molecule has 5 rings (SSSR count). The SMILES string of the molecule is Cc1c(C#N)c2nc3ccccc3n2c(=O)/c1=C/Nc1ccc(N2CCOCC2)c(Cl)c1. The molecule has 1 saturated heterocycles. The van der Waals surface area contributed by atoms with E-state index in [-0.39, 0.29) is 5.56 Å². The standard InChI is InChI=1S/C24H20ClN5O2/c1-15-17(13-26)23-28-20-4-2-3-5-22(20)30(23)24(31)18(15)14-27-16-6-7-21(19(25)12-16)29-8-10-32-11-9-29/h2-7,12,14,27H,8-11H2,1H3/b18-14+. The van der Waals surface area contributed by atoms with Crippen LogP contribution in [0.5, 0.6) is 0 Å². The Morgan fingerprint density at radius 3 is 2.75 bits per heavy atom. The second-order valence-electron chi connectivity index (χ2n) is 7.64. The van der Waals surface area contributed by atoms with Gasteiger partial charge in [0, 0.05) is 25.0 Å². The fraction of sp³-hybridized carbons (Fsp3) is 0.208. The Bertz CT molecular complexity index is 1500. The second kappa shape index (κ2) is 8.15. The number of anilines is 2. The zero-order valence-corrected chi connectivity index (χ0v) is 18.2. The van der Waals surface area contributed by atoms with Crippen molar-refractivity contribution in [2.45, 2.75) is 6.92 Å². The zero-order chi connectivity index (χ0) is 22.2. The normalized spacial score (nSPS) is 14.8. The number of morpholine rings is 1. The first-order chi connectivity index (χ1) is 15.6. The molecule has 0 unspecified atom stereocenters. The fourth-order valence-electron chi connectivity index (χ4n) is 4.10. The first kappa shape index (κ1) is 20.3. The van der Waals surface area contributed by atoms with Crippen LogP contribution in [-0.4, -0.2) is 35.7 Å². The number of pyridine rings is 1. The van der Waals surface area contributed by atoms with Crippen molar-refractivity contribution in [1.82, 2.24) is 9.38 Å². The van der Waals surface area contributed by atoms with Crippen molar-refractivity contribution >= 4 is 45.9 Å². The highest BCUT2D eigenvalue weighted by molar-refractivity contribution is 6.33. The van der Waals surface area contributed by atoms with E-state index in [1.165, 1.54) is 4.40 Å². The van der Waals surface area contributed by atoms with Gasteiger partial charge in [0.1, 0.15) is 6.07 Å². The van der Waals surface area contributed by atoms with Gasteiger partial charge in [0.15, 0.2) is 5.65 Å². The molecule has 1 N–H and O–H groups in total. The molecule has 7 nitrogen and oxygen atoms in total. The molecule has 0 atom stereocenters. The van der Waals surface area contributed by atoms with Crippen LogP contribution in [0.1, 0.15) is 11.1 Å². The van der Waals surface area contributed by atoms with Crippen LogP contribution < -0.4 is 21.0 Å². The van der Waals surface area contributed by atoms with Crippen molar-refractivity contribution in [3.8, 4) is 6.07 Å². The molecule has 32 heavy (non-hydrogen) atoms. The van der Waals surface area contributed by atoms with Crippen molar-refractivity contribution in [3.05, 3.63) is 74.2 Å². The van der Waals surface area contributed by atoms with E-state index >= 15 is 0 Å². The highest BCUT2D eigenvalue weighted by atomic mass is 35.5. The largest absolute Gasteiger partial charge is 0.378 e. The molecule has 0 aliphatic carbocycles. The van der Waals surface area contributed by atoms with Gasteiger partial charge in [0.2, 0.25) is 0 Å². The number of halogens is 1. The number of benzene rings is 2. The molecule has 1 aliphatic rings. The Kier molecular flexibility index (Phi) is 5.17. The summed E-state index contributed by atoms with van der Waals surface area (Å²) >= 11 is 6.53. The molecule has 0 amide bonds. The summed E-state index contributed by atoms with van der Waals surface area (Å²) in [5.41, 5.74) is 4.19. The Morgan fingerprint density at radius 1 is 1.22 bits per heavy atom. The lowest BCUT2D eigenvalue weighted by atomic mass is 10.1. The van der Waals surface area contributed by atoms with Crippen LogP contribution in [0.3, 0.4) is 0 Å². The summed E-state index contributed by atoms with van der Waals surface area (Å²) in [7, 11) is 0. The Balaban J connectivity index is 1.58. The molecule has 4 aromatic rings. The van der Waals surface area contributed by atoms with Crippen LogP contribution in [0, 0.1) is 18.3 Å². The molecule has 0 radical (unpaired) electrons. The molecule has 8 heteroatoms. The van der Waals surface area contributed by atoms with Gasteiger partial charge in [0.25, 0.3) is 5.56 Å². The smallest absolute Gasteiger partial charge is 0.265 e. The van der Waals surface area contributed by atoms with Crippen LogP contribution in [0.25, 0.3) is 22.9 Å². The van der Waals surface area contributed by atoms with Gasteiger partial charge in [-0.2, -0.15) is 5.26 Å². The lowest BCUT2D eigenvalue weighted by molar-refractivity contribution is 0.122. The van der Waals surface area contributed by atoms with Crippen LogP contribution in [0.2, 0.25) is 5.02 Å². The highest BCUT2D eigenvalue weighted by Gasteiger charge is 2.17. The van der Waals surface area contributed by atoms with E-state index in [0.29, 0.717) is 51.3 Å². The third-order valence-corrected chi connectivity index (χ3v) is 6.09. The van der Waals surface area contributed by atoms with Crippen molar-refractivity contribution in [2.75, 3.05) is 36.5 Å². The summed E-state index contributed by atoms with van der Waals surface area (Å²) < 4.78 is 6.91. The van der Waals surface area contributed by atoms with Crippen molar-refractivity contribution in [1.29, 1.82) is 5.26 Å². The van der Waals surface area contributed by atoms with Gasteiger partial charge in [-0.25, -0.2) is 4.98 Å². The lowest BCUT2D eigenvalue weighted by Gasteiger charge is -2.29. The minimum absolute atomic E-state index is 0.228. The first-order valence-corrected chi connectivity index (χ1v) is 10.7. The molecular weight excluding hydrogens is 426 g/mol. The number of aromatic nitrogens is 2. The predicted octanol–water partition coefficient (Wildman–Crippen LogP) is 3.09. The van der Waals surface area contributed by atoms with E-state index < -0.39 is 0 Å². The zero-order valence-electron chi connectivity index (χ0n) is 17.4. The number of para-hydroxylation sites is 2. The van der Waals surface area contributed by atoms with E-state index in [1.54, 1.807) is 13.1 Å². The van der Waals surface area contributed by atoms with Crippen LogP contribution in [-0.2, 0) is 4.74 Å². The molecule has 0 bridgehead atoms. The number of fused-ring (bicyclic) bond motifs is 3. The Morgan fingerprint density at radius 2 is 2.00 bits per heavy atom. The molecule has 2 aromatic carbocycles. The van der Waals surface area contributed by atoms with E-state index in [4.69, 9.17) is 16.3 Å². The van der Waals surface area contributed by atoms with Crippen molar-refractivity contribution < 1.29 is 4.74 Å². The van der Waals surface area contributed by atoms with Crippen molar-refractivity contribution in [2.24, 2.45) is 0 Å². The summed E-state index contributed by atoms with van der Waals surface area (Å²) in [5.74, 6) is 0. The number of rotatable bonds is 3. The van der Waals surface area contributed by atoms with Gasteiger partial charge in [0.05, 0.1) is 45.7 Å². The quantitative estimate of drug-likeness (QED) is 0.522. The Hall–Kier alpha value is -3.60. The lowest BCUT2D eigenvalue weighted by Crippen LogP contribution is -2.36. The van der Waals surface area contributed by atoms with Crippen LogP contribution >= 0.6 is 11.6 Å². The molecule has 0 spiro atoms. The summed E-state index contributed by atoms with van der Waals surface area (Å²) in [6, 6.07) is 15.3. The average Bonchev–Trinajstić information content (AvgIpc) is 3.19. The second-order valence-corrected chi connectivity index (χ2v) is 8.05. The van der Waals surface area contributed by atoms with Crippen molar-refractivity contribution in [3.63, 3.8) is 0 Å². The van der Waals surface area contributed by atoms with Gasteiger partial charge in [-0.3, -0.25) is 9.20 Å². The summed E-state index contributed by atoms with van der Waals surface area (Å²) in [6.07, 6.45) is 1.63. The molecule has 0 saturated carbocycles. The highest BCUT2D eigenvalue weighted by Crippen LogP contribution is 2.29. The summed E-state index contributed by atoms with van der Waals surface area (Å²) in [5, 5.41) is 14.0. The van der Waals surface area contributed by atoms with Gasteiger partial charge in [-0.15, -0.1) is 0 Å². The number of ether oxygens (including phenoxy) is 1. The average molecular weight is 446 g/mol. The van der Waals surface area contributed by atoms with Gasteiger partial charge < -0.3 is 15.0 Å². The van der Waals surface area contributed by atoms with Gasteiger partial charge >= 0.3 is 0 Å². The molecular formula is C24H20ClN5O2. The number of hydrogen-bond donors (Lipinski definition) is 1. The Labute approximate surface area is 189 Å². The van der Waals surface area contributed by atoms with Gasteiger partial charge in [-0.05, 0) is 42.8 Å². The van der Waals surface area contributed by atoms with E-state index in [1.807, 2.05) is 42.5 Å². The maximum atomic E-state index is 13.3. The molecule has 2 aromatic heterocycles. The van der Waals surface area contributed by atoms with E-state index in [0.717, 1.165) is 24.5 Å². The molecule has 1 fully saturated rings. The molecule has 1 aliphatic heterocycles. The van der Waals surface area contributed by atoms with E-state index in [2.05, 4.69) is 21.3 Å². The minimum Gasteiger partial charge on any atom is -0.378 e. The number of nitrogens with zero attached hydrogens (tertiary/aromatic N) is 4. The monoisotopic (exact) mass is 445 g/mol. The first-order valence-electron chi connectivity index (χ1n) is 10.3. The fourth-order valence-corrected chi connectivity index (χ4v) is 4.40.